The van der Waals surface area contributed by atoms with E-state index in [1.165, 1.54) is 0 Å². The van der Waals surface area contributed by atoms with Crippen molar-refractivity contribution in [3.8, 4) is 5.75 Å². The Morgan fingerprint density at radius 1 is 1.48 bits per heavy atom. The number of ether oxygens (including phenoxy) is 1. The molecule has 0 saturated carbocycles. The molecule has 4 nitrogen and oxygen atoms in total. The lowest BCUT2D eigenvalue weighted by molar-refractivity contribution is -0.142. The Balaban J connectivity index is 2.10. The summed E-state index contributed by atoms with van der Waals surface area (Å²) >= 11 is 7.80. The minimum atomic E-state index is -0.774. The average molecular weight is 352 g/mol. The lowest BCUT2D eigenvalue weighted by Gasteiger charge is -2.32. The predicted molar refractivity (Wildman–Crippen MR) is 91.5 cm³/mol. The maximum atomic E-state index is 11.6. The van der Waals surface area contributed by atoms with Crippen LogP contribution >= 0.6 is 22.9 Å². The van der Waals surface area contributed by atoms with Gasteiger partial charge in [-0.1, -0.05) is 11.6 Å². The Labute approximate surface area is 144 Å². The van der Waals surface area contributed by atoms with E-state index in [-0.39, 0.29) is 6.04 Å². The molecule has 3 rings (SSSR count). The van der Waals surface area contributed by atoms with Crippen molar-refractivity contribution in [3.05, 3.63) is 51.2 Å². The van der Waals surface area contributed by atoms with Crippen LogP contribution in [0.4, 0.5) is 0 Å². The summed E-state index contributed by atoms with van der Waals surface area (Å²) < 4.78 is 5.51. The number of nitrogens with zero attached hydrogens (tertiary/aromatic N) is 1. The minimum absolute atomic E-state index is 0.168. The molecule has 6 heteroatoms. The molecule has 0 radical (unpaired) electrons. The topological polar surface area (TPSA) is 49.8 Å². The largest absolute Gasteiger partial charge is 0.496 e. The first kappa shape index (κ1) is 16.3. The van der Waals surface area contributed by atoms with Gasteiger partial charge in [-0.25, -0.2) is 0 Å². The second-order valence-electron chi connectivity index (χ2n) is 5.58. The number of thiophene rings is 1. The zero-order valence-electron chi connectivity index (χ0n) is 12.7. The van der Waals surface area contributed by atoms with Crippen LogP contribution in [0.3, 0.4) is 0 Å². The molecule has 0 aliphatic carbocycles. The van der Waals surface area contributed by atoms with E-state index < -0.39 is 12.0 Å². The third-order valence-electron chi connectivity index (χ3n) is 4.26. The van der Waals surface area contributed by atoms with Crippen molar-refractivity contribution >= 4 is 28.9 Å². The summed E-state index contributed by atoms with van der Waals surface area (Å²) in [6.45, 7) is 0.743. The first-order valence-corrected chi connectivity index (χ1v) is 8.78. The molecule has 122 valence electrons. The van der Waals surface area contributed by atoms with E-state index in [1.807, 2.05) is 28.5 Å². The Hall–Kier alpha value is -1.56. The predicted octanol–water partition coefficient (Wildman–Crippen LogP) is 4.05. The van der Waals surface area contributed by atoms with Gasteiger partial charge < -0.3 is 9.84 Å². The van der Waals surface area contributed by atoms with Gasteiger partial charge in [-0.05, 0) is 53.4 Å². The minimum Gasteiger partial charge on any atom is -0.496 e. The third-order valence-corrected chi connectivity index (χ3v) is 5.19. The molecular formula is C17H18ClNO3S. The van der Waals surface area contributed by atoms with Crippen LogP contribution in [0.25, 0.3) is 0 Å². The number of hydrogen-bond acceptors (Lipinski definition) is 4. The van der Waals surface area contributed by atoms with Gasteiger partial charge in [0.25, 0.3) is 0 Å². The van der Waals surface area contributed by atoms with Crippen molar-refractivity contribution in [3.63, 3.8) is 0 Å². The molecular weight excluding hydrogens is 334 g/mol. The molecule has 1 aromatic heterocycles. The van der Waals surface area contributed by atoms with Crippen molar-refractivity contribution in [1.82, 2.24) is 4.90 Å². The number of carboxylic acid groups (broad SMARTS) is 1. The molecule has 1 aromatic carbocycles. The van der Waals surface area contributed by atoms with E-state index in [4.69, 9.17) is 16.3 Å². The zero-order chi connectivity index (χ0) is 16.4. The third kappa shape index (κ3) is 3.22. The highest BCUT2D eigenvalue weighted by Crippen LogP contribution is 2.40. The molecule has 0 spiro atoms. The molecule has 2 atom stereocenters. The van der Waals surface area contributed by atoms with E-state index in [0.717, 1.165) is 29.8 Å². The normalized spacial score (nSPS) is 19.7. The Bertz CT molecular complexity index is 689. The average Bonchev–Trinajstić information content (AvgIpc) is 3.20. The van der Waals surface area contributed by atoms with Gasteiger partial charge in [0.05, 0.1) is 13.2 Å². The molecule has 2 aromatic rings. The number of halogens is 1. The summed E-state index contributed by atoms with van der Waals surface area (Å²) in [5.74, 6) is -0.0506. The van der Waals surface area contributed by atoms with Crippen LogP contribution in [-0.2, 0) is 4.79 Å². The molecule has 1 saturated heterocycles. The van der Waals surface area contributed by atoms with Crippen LogP contribution in [0.15, 0.2) is 35.0 Å². The van der Waals surface area contributed by atoms with E-state index in [2.05, 4.69) is 5.38 Å². The van der Waals surface area contributed by atoms with E-state index in [1.54, 1.807) is 24.5 Å². The second-order valence-corrected chi connectivity index (χ2v) is 6.80. The fourth-order valence-corrected chi connectivity index (χ4v) is 4.12. The van der Waals surface area contributed by atoms with Crippen molar-refractivity contribution in [2.75, 3.05) is 13.7 Å². The van der Waals surface area contributed by atoms with Crippen LogP contribution < -0.4 is 4.74 Å². The lowest BCUT2D eigenvalue weighted by Crippen LogP contribution is -2.39. The van der Waals surface area contributed by atoms with Crippen molar-refractivity contribution in [1.29, 1.82) is 0 Å². The maximum Gasteiger partial charge on any atom is 0.320 e. The highest BCUT2D eigenvalue weighted by molar-refractivity contribution is 7.08. The van der Waals surface area contributed by atoms with Gasteiger partial charge in [0.2, 0.25) is 0 Å². The van der Waals surface area contributed by atoms with E-state index >= 15 is 0 Å². The molecule has 2 heterocycles. The van der Waals surface area contributed by atoms with Crippen LogP contribution in [0.2, 0.25) is 5.02 Å². The second kappa shape index (κ2) is 6.91. The SMILES string of the molecule is COc1ccc(Cl)cc1C(c1ccsc1)N1CCCC1C(=O)O. The highest BCUT2D eigenvalue weighted by Gasteiger charge is 2.38. The monoisotopic (exact) mass is 351 g/mol. The molecule has 23 heavy (non-hydrogen) atoms. The quantitative estimate of drug-likeness (QED) is 0.883. The van der Waals surface area contributed by atoms with Gasteiger partial charge in [-0.3, -0.25) is 9.69 Å². The summed E-state index contributed by atoms with van der Waals surface area (Å²) in [6.07, 6.45) is 1.54. The lowest BCUT2D eigenvalue weighted by atomic mass is 9.97. The van der Waals surface area contributed by atoms with Crippen LogP contribution in [-0.4, -0.2) is 35.7 Å². The number of carbonyl (C=O) groups is 1. The van der Waals surface area contributed by atoms with Crippen LogP contribution in [0, 0.1) is 0 Å². The number of aliphatic carboxylic acids is 1. The van der Waals surface area contributed by atoms with E-state index in [0.29, 0.717) is 11.4 Å². The Kier molecular flexibility index (Phi) is 4.90. The van der Waals surface area contributed by atoms with Gasteiger partial charge in [0, 0.05) is 17.1 Å². The molecule has 1 aliphatic rings. The Morgan fingerprint density at radius 2 is 2.30 bits per heavy atom. The summed E-state index contributed by atoms with van der Waals surface area (Å²) in [4.78, 5) is 13.7. The van der Waals surface area contributed by atoms with Crippen LogP contribution in [0.1, 0.15) is 30.0 Å². The van der Waals surface area contributed by atoms with Gasteiger partial charge in [0.1, 0.15) is 11.8 Å². The summed E-state index contributed by atoms with van der Waals surface area (Å²) in [7, 11) is 1.62. The standard InChI is InChI=1S/C17H18ClNO3S/c1-22-15-5-4-12(18)9-13(15)16(11-6-8-23-10-11)19-7-2-3-14(19)17(20)21/h4-6,8-10,14,16H,2-3,7H2,1H3,(H,20,21). The smallest absolute Gasteiger partial charge is 0.320 e. The van der Waals surface area contributed by atoms with Crippen LogP contribution in [0.5, 0.6) is 5.75 Å². The molecule has 1 fully saturated rings. The van der Waals surface area contributed by atoms with Gasteiger partial charge in [-0.15, -0.1) is 0 Å². The molecule has 0 amide bonds. The van der Waals surface area contributed by atoms with Crippen molar-refractivity contribution < 1.29 is 14.6 Å². The molecule has 1 aliphatic heterocycles. The maximum absolute atomic E-state index is 11.6. The van der Waals surface area contributed by atoms with Gasteiger partial charge in [0.15, 0.2) is 0 Å². The first-order valence-electron chi connectivity index (χ1n) is 7.46. The van der Waals surface area contributed by atoms with Gasteiger partial charge in [-0.2, -0.15) is 11.3 Å². The summed E-state index contributed by atoms with van der Waals surface area (Å²) in [5.41, 5.74) is 1.98. The molecule has 0 bridgehead atoms. The summed E-state index contributed by atoms with van der Waals surface area (Å²) in [6, 6.07) is 6.88. The van der Waals surface area contributed by atoms with E-state index in [9.17, 15) is 9.90 Å². The fourth-order valence-electron chi connectivity index (χ4n) is 3.26. The van der Waals surface area contributed by atoms with Crippen molar-refractivity contribution in [2.45, 2.75) is 24.9 Å². The number of carboxylic acids is 1. The molecule has 1 N–H and O–H groups in total. The number of benzene rings is 1. The first-order chi connectivity index (χ1) is 11.1. The zero-order valence-corrected chi connectivity index (χ0v) is 14.3. The number of hydrogen-bond donors (Lipinski definition) is 1. The van der Waals surface area contributed by atoms with Crippen molar-refractivity contribution in [2.24, 2.45) is 0 Å². The Morgan fingerprint density at radius 3 is 2.96 bits per heavy atom. The van der Waals surface area contributed by atoms with Gasteiger partial charge >= 0.3 is 5.97 Å². The highest BCUT2D eigenvalue weighted by atomic mass is 35.5. The summed E-state index contributed by atoms with van der Waals surface area (Å²) in [5, 5.41) is 14.2. The number of rotatable bonds is 5. The number of likely N-dealkylation sites (tertiary alicyclic amines) is 1. The number of methoxy groups -OCH3 is 1. The molecule has 2 unspecified atom stereocenters. The fraction of sp³-hybridized carbons (Fsp3) is 0.353.